The van der Waals surface area contributed by atoms with Crippen molar-refractivity contribution in [2.75, 3.05) is 38.2 Å². The average molecular weight is 262 g/mol. The topological polar surface area (TPSA) is 49.4 Å². The Morgan fingerprint density at radius 2 is 2.12 bits per heavy atom. The normalized spacial score (nSPS) is 23.2. The molecular formula is C12H26N2O2S. The fourth-order valence-electron chi connectivity index (χ4n) is 2.22. The number of likely N-dealkylation sites (tertiary alicyclic amines) is 1. The quantitative estimate of drug-likeness (QED) is 0.767. The third kappa shape index (κ3) is 7.01. The predicted octanol–water partition coefficient (Wildman–Crippen LogP) is 0.741. The lowest BCUT2D eigenvalue weighted by molar-refractivity contribution is 0.179. The number of nitrogens with zero attached hydrogens (tertiary/aromatic N) is 1. The van der Waals surface area contributed by atoms with Gasteiger partial charge in [-0.25, -0.2) is 8.42 Å². The van der Waals surface area contributed by atoms with E-state index in [1.807, 2.05) is 0 Å². The number of nitrogens with one attached hydrogen (secondary N) is 1. The summed E-state index contributed by atoms with van der Waals surface area (Å²) in [7, 11) is -2.82. The molecular weight excluding hydrogens is 236 g/mol. The third-order valence-electron chi connectivity index (χ3n) is 3.20. The van der Waals surface area contributed by atoms with E-state index in [2.05, 4.69) is 24.1 Å². The summed E-state index contributed by atoms with van der Waals surface area (Å²) in [6.45, 7) is 8.14. The smallest absolute Gasteiger partial charge is 0.148 e. The van der Waals surface area contributed by atoms with Crippen molar-refractivity contribution in [3.63, 3.8) is 0 Å². The molecule has 0 aromatic carbocycles. The van der Waals surface area contributed by atoms with Gasteiger partial charge in [0.2, 0.25) is 0 Å². The zero-order valence-corrected chi connectivity index (χ0v) is 12.1. The molecule has 1 atom stereocenters. The third-order valence-corrected chi connectivity index (χ3v) is 4.12. The Morgan fingerprint density at radius 3 is 2.71 bits per heavy atom. The lowest BCUT2D eigenvalue weighted by Gasteiger charge is -2.33. The second-order valence-corrected chi connectivity index (χ2v) is 7.76. The molecule has 0 aliphatic carbocycles. The van der Waals surface area contributed by atoms with Gasteiger partial charge in [-0.05, 0) is 31.8 Å². The number of hydrogen-bond donors (Lipinski definition) is 1. The summed E-state index contributed by atoms with van der Waals surface area (Å²) in [6, 6.07) is 0.529. The van der Waals surface area contributed by atoms with E-state index in [-0.39, 0.29) is 5.75 Å². The van der Waals surface area contributed by atoms with Crippen LogP contribution in [0.4, 0.5) is 0 Å². The highest BCUT2D eigenvalue weighted by molar-refractivity contribution is 7.90. The molecule has 0 amide bonds. The molecule has 0 aromatic heterocycles. The van der Waals surface area contributed by atoms with Crippen LogP contribution in [0.3, 0.4) is 0 Å². The number of sulfone groups is 1. The van der Waals surface area contributed by atoms with Crippen LogP contribution in [0.25, 0.3) is 0 Å². The van der Waals surface area contributed by atoms with Gasteiger partial charge in [-0.15, -0.1) is 0 Å². The van der Waals surface area contributed by atoms with Gasteiger partial charge >= 0.3 is 0 Å². The fourth-order valence-corrected chi connectivity index (χ4v) is 2.81. The molecule has 0 saturated carbocycles. The average Bonchev–Trinajstić information content (AvgIpc) is 2.23. The Labute approximate surface area is 106 Å². The van der Waals surface area contributed by atoms with Crippen molar-refractivity contribution in [3.8, 4) is 0 Å². The number of piperidine rings is 1. The molecule has 1 saturated heterocycles. The number of hydrogen-bond acceptors (Lipinski definition) is 4. The van der Waals surface area contributed by atoms with Crippen molar-refractivity contribution in [1.82, 2.24) is 10.2 Å². The maximum atomic E-state index is 11.1. The molecule has 102 valence electrons. The van der Waals surface area contributed by atoms with Gasteiger partial charge in [-0.1, -0.05) is 13.8 Å². The van der Waals surface area contributed by atoms with Crippen LogP contribution in [0.5, 0.6) is 0 Å². The van der Waals surface area contributed by atoms with Crippen molar-refractivity contribution in [2.45, 2.75) is 32.7 Å². The molecule has 4 nitrogen and oxygen atoms in total. The van der Waals surface area contributed by atoms with E-state index in [0.29, 0.717) is 18.5 Å². The predicted molar refractivity (Wildman–Crippen MR) is 72.0 cm³/mol. The monoisotopic (exact) mass is 262 g/mol. The molecule has 0 aromatic rings. The van der Waals surface area contributed by atoms with Gasteiger partial charge in [0.15, 0.2) is 0 Å². The van der Waals surface area contributed by atoms with Gasteiger partial charge < -0.3 is 10.2 Å². The Morgan fingerprint density at radius 1 is 1.41 bits per heavy atom. The standard InChI is InChI=1S/C12H26N2O2S/c1-11(2)13-9-12-5-4-6-14(10-12)7-8-17(3,15)16/h11-13H,4-10H2,1-3H3. The SMILES string of the molecule is CC(C)NCC1CCCN(CCS(C)(=O)=O)C1. The molecule has 17 heavy (non-hydrogen) atoms. The van der Waals surface area contributed by atoms with Crippen molar-refractivity contribution >= 4 is 9.84 Å². The van der Waals surface area contributed by atoms with E-state index in [0.717, 1.165) is 19.6 Å². The van der Waals surface area contributed by atoms with E-state index in [9.17, 15) is 8.42 Å². The first kappa shape index (κ1) is 14.9. The minimum atomic E-state index is -2.82. The van der Waals surface area contributed by atoms with Gasteiger partial charge in [0.25, 0.3) is 0 Å². The van der Waals surface area contributed by atoms with E-state index in [1.54, 1.807) is 0 Å². The van der Waals surface area contributed by atoms with Crippen molar-refractivity contribution in [2.24, 2.45) is 5.92 Å². The Kier molecular flexibility index (Phi) is 5.89. The summed E-state index contributed by atoms with van der Waals surface area (Å²) < 4.78 is 22.3. The van der Waals surface area contributed by atoms with Gasteiger partial charge in [0.1, 0.15) is 9.84 Å². The molecule has 1 aliphatic rings. The fraction of sp³-hybridized carbons (Fsp3) is 1.00. The van der Waals surface area contributed by atoms with E-state index >= 15 is 0 Å². The van der Waals surface area contributed by atoms with E-state index < -0.39 is 9.84 Å². The molecule has 0 spiro atoms. The van der Waals surface area contributed by atoms with Crippen LogP contribution in [-0.2, 0) is 9.84 Å². The van der Waals surface area contributed by atoms with Crippen molar-refractivity contribution < 1.29 is 8.42 Å². The Bertz CT molecular complexity index is 314. The molecule has 1 fully saturated rings. The van der Waals surface area contributed by atoms with Crippen LogP contribution in [-0.4, -0.2) is 57.5 Å². The van der Waals surface area contributed by atoms with E-state index in [4.69, 9.17) is 0 Å². The highest BCUT2D eigenvalue weighted by atomic mass is 32.2. The Hall–Kier alpha value is -0.130. The van der Waals surface area contributed by atoms with Crippen molar-refractivity contribution in [1.29, 1.82) is 0 Å². The van der Waals surface area contributed by atoms with Crippen LogP contribution in [0.1, 0.15) is 26.7 Å². The summed E-state index contributed by atoms with van der Waals surface area (Å²) in [6.07, 6.45) is 3.76. The van der Waals surface area contributed by atoms with Gasteiger partial charge in [0, 0.05) is 25.4 Å². The van der Waals surface area contributed by atoms with Crippen LogP contribution in [0.2, 0.25) is 0 Å². The lowest BCUT2D eigenvalue weighted by atomic mass is 9.98. The zero-order chi connectivity index (χ0) is 12.9. The van der Waals surface area contributed by atoms with Crippen LogP contribution in [0.15, 0.2) is 0 Å². The maximum absolute atomic E-state index is 11.1. The summed E-state index contributed by atoms with van der Waals surface area (Å²) in [4.78, 5) is 2.29. The van der Waals surface area contributed by atoms with Gasteiger partial charge in [-0.3, -0.25) is 0 Å². The first-order valence-corrected chi connectivity index (χ1v) is 8.56. The summed E-state index contributed by atoms with van der Waals surface area (Å²) in [5.74, 6) is 0.961. The molecule has 1 heterocycles. The second-order valence-electron chi connectivity index (χ2n) is 5.50. The van der Waals surface area contributed by atoms with Gasteiger partial charge in [0.05, 0.1) is 5.75 Å². The van der Waals surface area contributed by atoms with Crippen LogP contribution in [0, 0.1) is 5.92 Å². The van der Waals surface area contributed by atoms with Gasteiger partial charge in [-0.2, -0.15) is 0 Å². The molecule has 0 bridgehead atoms. The first-order chi connectivity index (χ1) is 7.87. The van der Waals surface area contributed by atoms with Crippen LogP contribution >= 0.6 is 0 Å². The zero-order valence-electron chi connectivity index (χ0n) is 11.3. The number of rotatable bonds is 6. The van der Waals surface area contributed by atoms with Crippen molar-refractivity contribution in [3.05, 3.63) is 0 Å². The first-order valence-electron chi connectivity index (χ1n) is 6.50. The lowest BCUT2D eigenvalue weighted by Crippen LogP contribution is -2.42. The molecule has 1 aliphatic heterocycles. The highest BCUT2D eigenvalue weighted by Gasteiger charge is 2.20. The summed E-state index contributed by atoms with van der Waals surface area (Å²) >= 11 is 0. The summed E-state index contributed by atoms with van der Waals surface area (Å²) in [5, 5.41) is 3.46. The summed E-state index contributed by atoms with van der Waals surface area (Å²) in [5.41, 5.74) is 0. The Balaban J connectivity index is 2.28. The molecule has 1 N–H and O–H groups in total. The molecule has 0 radical (unpaired) electrons. The molecule has 5 heteroatoms. The highest BCUT2D eigenvalue weighted by Crippen LogP contribution is 2.15. The van der Waals surface area contributed by atoms with E-state index in [1.165, 1.54) is 19.1 Å². The minimum absolute atomic E-state index is 0.289. The second kappa shape index (κ2) is 6.71. The largest absolute Gasteiger partial charge is 0.314 e. The minimum Gasteiger partial charge on any atom is -0.314 e. The molecule has 1 rings (SSSR count). The molecule has 1 unspecified atom stereocenters. The van der Waals surface area contributed by atoms with Crippen LogP contribution < -0.4 is 5.32 Å². The maximum Gasteiger partial charge on any atom is 0.148 e.